The van der Waals surface area contributed by atoms with Gasteiger partial charge in [-0.15, -0.1) is 6.58 Å². The molecular weight excluding hydrogens is 218 g/mol. The van der Waals surface area contributed by atoms with Crippen LogP contribution in [0.1, 0.15) is 16.8 Å². The van der Waals surface area contributed by atoms with Crippen LogP contribution in [0.3, 0.4) is 0 Å². The van der Waals surface area contributed by atoms with E-state index in [0.717, 1.165) is 29.0 Å². The first-order valence-electron chi connectivity index (χ1n) is 5.43. The maximum atomic E-state index is 5.40. The molecule has 1 heterocycles. The van der Waals surface area contributed by atoms with Crippen LogP contribution in [0.5, 0.6) is 5.75 Å². The third-order valence-corrected chi connectivity index (χ3v) is 2.45. The number of aromatic nitrogens is 1. The summed E-state index contributed by atoms with van der Waals surface area (Å²) in [5.74, 6) is 0.857. The first-order chi connectivity index (χ1) is 8.24. The van der Waals surface area contributed by atoms with Crippen LogP contribution in [-0.4, -0.2) is 26.0 Å². The first kappa shape index (κ1) is 13.7. The monoisotopic (exact) mass is 237 g/mol. The Hall–Kier alpha value is -1.39. The summed E-state index contributed by atoms with van der Waals surface area (Å²) < 4.78 is 15.5. The van der Waals surface area contributed by atoms with E-state index in [1.165, 1.54) is 0 Å². The van der Waals surface area contributed by atoms with Crippen LogP contribution in [0.2, 0.25) is 0 Å². The van der Waals surface area contributed by atoms with Crippen LogP contribution in [0, 0.1) is 6.92 Å². The lowest BCUT2D eigenvalue weighted by atomic mass is 10.1. The Morgan fingerprint density at radius 1 is 1.41 bits per heavy atom. The molecule has 0 aliphatic heterocycles. The molecule has 0 aromatic carbocycles. The molecule has 0 aliphatic rings. The Morgan fingerprint density at radius 2 is 2.18 bits per heavy atom. The predicted octanol–water partition coefficient (Wildman–Crippen LogP) is 2.25. The van der Waals surface area contributed by atoms with E-state index >= 15 is 0 Å². The Labute approximate surface area is 102 Å². The zero-order chi connectivity index (χ0) is 12.7. The van der Waals surface area contributed by atoms with Gasteiger partial charge in [0.15, 0.2) is 0 Å². The molecule has 4 heteroatoms. The number of pyridine rings is 1. The van der Waals surface area contributed by atoms with Crippen molar-refractivity contribution in [2.75, 3.05) is 21.0 Å². The second-order valence-corrected chi connectivity index (χ2v) is 3.64. The van der Waals surface area contributed by atoms with Gasteiger partial charge in [-0.05, 0) is 13.3 Å². The summed E-state index contributed by atoms with van der Waals surface area (Å²) in [6.45, 7) is 6.38. The fourth-order valence-electron chi connectivity index (χ4n) is 1.64. The molecule has 1 rings (SSSR count). The van der Waals surface area contributed by atoms with Gasteiger partial charge in [0.05, 0.1) is 19.4 Å². The van der Waals surface area contributed by atoms with Gasteiger partial charge < -0.3 is 14.2 Å². The number of allylic oxidation sites excluding steroid dienone is 1. The fourth-order valence-corrected chi connectivity index (χ4v) is 1.64. The van der Waals surface area contributed by atoms with E-state index in [1.54, 1.807) is 20.4 Å². The van der Waals surface area contributed by atoms with E-state index in [0.29, 0.717) is 6.61 Å². The van der Waals surface area contributed by atoms with Gasteiger partial charge in [0, 0.05) is 24.4 Å². The third kappa shape index (κ3) is 3.54. The third-order valence-electron chi connectivity index (χ3n) is 2.45. The molecule has 0 saturated carbocycles. The van der Waals surface area contributed by atoms with E-state index in [1.807, 2.05) is 13.0 Å². The van der Waals surface area contributed by atoms with Crippen LogP contribution in [0.15, 0.2) is 18.9 Å². The molecule has 4 nitrogen and oxygen atoms in total. The molecule has 0 spiro atoms. The van der Waals surface area contributed by atoms with Gasteiger partial charge in [0.25, 0.3) is 0 Å². The smallest absolute Gasteiger partial charge is 0.146 e. The van der Waals surface area contributed by atoms with Crippen molar-refractivity contribution in [2.45, 2.75) is 20.0 Å². The fraction of sp³-hybridized carbons (Fsp3) is 0.462. The van der Waals surface area contributed by atoms with Crippen molar-refractivity contribution < 1.29 is 14.2 Å². The summed E-state index contributed by atoms with van der Waals surface area (Å²) in [5, 5.41) is 0. The highest BCUT2D eigenvalue weighted by Gasteiger charge is 2.11. The van der Waals surface area contributed by atoms with E-state index in [4.69, 9.17) is 14.2 Å². The predicted molar refractivity (Wildman–Crippen MR) is 66.1 cm³/mol. The number of hydrogen-bond donors (Lipinski definition) is 0. The summed E-state index contributed by atoms with van der Waals surface area (Å²) in [6.07, 6.45) is 4.38. The van der Waals surface area contributed by atoms with Gasteiger partial charge in [-0.3, -0.25) is 4.98 Å². The standard InChI is InChI=1S/C13H19NO3/c1-5-6-11-7-14-12(8-17-9-15-3)10(2)13(11)16-4/h5,7H,1,6,8-9H2,2-4H3. The number of methoxy groups -OCH3 is 2. The second-order valence-electron chi connectivity index (χ2n) is 3.64. The topological polar surface area (TPSA) is 40.6 Å². The summed E-state index contributed by atoms with van der Waals surface area (Å²) in [7, 11) is 3.25. The quantitative estimate of drug-likeness (QED) is 0.414. The van der Waals surface area contributed by atoms with Crippen LogP contribution < -0.4 is 4.74 Å². The maximum Gasteiger partial charge on any atom is 0.146 e. The minimum Gasteiger partial charge on any atom is -0.496 e. The Kier molecular flexibility index (Phi) is 5.66. The Morgan fingerprint density at radius 3 is 2.76 bits per heavy atom. The Bertz CT molecular complexity index is 377. The number of nitrogens with zero attached hydrogens (tertiary/aromatic N) is 1. The summed E-state index contributed by atoms with van der Waals surface area (Å²) in [6, 6.07) is 0. The lowest BCUT2D eigenvalue weighted by molar-refractivity contribution is -0.0403. The first-order valence-corrected chi connectivity index (χ1v) is 5.43. The normalized spacial score (nSPS) is 10.3. The highest BCUT2D eigenvalue weighted by molar-refractivity contribution is 5.42. The number of hydrogen-bond acceptors (Lipinski definition) is 4. The molecule has 0 atom stereocenters. The molecular formula is C13H19NO3. The van der Waals surface area contributed by atoms with E-state index in [-0.39, 0.29) is 6.79 Å². The summed E-state index contributed by atoms with van der Waals surface area (Å²) >= 11 is 0. The molecule has 0 N–H and O–H groups in total. The van der Waals surface area contributed by atoms with Crippen LogP contribution >= 0.6 is 0 Å². The second kappa shape index (κ2) is 7.04. The van der Waals surface area contributed by atoms with Crippen molar-refractivity contribution in [3.63, 3.8) is 0 Å². The summed E-state index contributed by atoms with van der Waals surface area (Å²) in [4.78, 5) is 4.37. The van der Waals surface area contributed by atoms with Crippen molar-refractivity contribution in [2.24, 2.45) is 0 Å². The minimum atomic E-state index is 0.262. The highest BCUT2D eigenvalue weighted by Crippen LogP contribution is 2.25. The SMILES string of the molecule is C=CCc1cnc(COCOC)c(C)c1OC. The van der Waals surface area contributed by atoms with E-state index < -0.39 is 0 Å². The molecule has 1 aromatic rings. The summed E-state index contributed by atoms with van der Waals surface area (Å²) in [5.41, 5.74) is 2.91. The van der Waals surface area contributed by atoms with Gasteiger partial charge in [-0.2, -0.15) is 0 Å². The lowest BCUT2D eigenvalue weighted by Crippen LogP contribution is -2.04. The van der Waals surface area contributed by atoms with Crippen molar-refractivity contribution in [3.8, 4) is 5.75 Å². The molecule has 0 aliphatic carbocycles. The minimum absolute atomic E-state index is 0.262. The molecule has 1 aromatic heterocycles. The van der Waals surface area contributed by atoms with E-state index in [2.05, 4.69) is 11.6 Å². The van der Waals surface area contributed by atoms with Crippen molar-refractivity contribution >= 4 is 0 Å². The zero-order valence-corrected chi connectivity index (χ0v) is 10.7. The largest absolute Gasteiger partial charge is 0.496 e. The average molecular weight is 237 g/mol. The van der Waals surface area contributed by atoms with Gasteiger partial charge in [-0.1, -0.05) is 6.08 Å². The lowest BCUT2D eigenvalue weighted by Gasteiger charge is -2.13. The molecule has 0 unspecified atom stereocenters. The van der Waals surface area contributed by atoms with Crippen LogP contribution in [-0.2, 0) is 22.5 Å². The molecule has 0 bridgehead atoms. The van der Waals surface area contributed by atoms with Crippen molar-refractivity contribution in [1.29, 1.82) is 0 Å². The molecule has 0 radical (unpaired) electrons. The molecule has 94 valence electrons. The molecule has 0 saturated heterocycles. The number of ether oxygens (including phenoxy) is 3. The van der Waals surface area contributed by atoms with Crippen LogP contribution in [0.4, 0.5) is 0 Å². The van der Waals surface area contributed by atoms with Gasteiger partial charge in [-0.25, -0.2) is 0 Å². The van der Waals surface area contributed by atoms with Gasteiger partial charge in [0.2, 0.25) is 0 Å². The van der Waals surface area contributed by atoms with Crippen molar-refractivity contribution in [3.05, 3.63) is 35.7 Å². The Balaban J connectivity index is 2.90. The van der Waals surface area contributed by atoms with Crippen molar-refractivity contribution in [1.82, 2.24) is 4.98 Å². The average Bonchev–Trinajstić information content (AvgIpc) is 2.33. The number of rotatable bonds is 7. The zero-order valence-electron chi connectivity index (χ0n) is 10.7. The van der Waals surface area contributed by atoms with Gasteiger partial charge in [0.1, 0.15) is 12.5 Å². The maximum absolute atomic E-state index is 5.40. The molecule has 0 fully saturated rings. The van der Waals surface area contributed by atoms with Crippen LogP contribution in [0.25, 0.3) is 0 Å². The van der Waals surface area contributed by atoms with E-state index in [9.17, 15) is 0 Å². The van der Waals surface area contributed by atoms with Gasteiger partial charge >= 0.3 is 0 Å². The highest BCUT2D eigenvalue weighted by atomic mass is 16.7. The molecule has 17 heavy (non-hydrogen) atoms. The molecule has 0 amide bonds.